The Hall–Kier alpha value is -3.10. The number of alkyl halides is 3. The average Bonchev–Trinajstić information content (AvgIpc) is 2.59. The molecule has 26 heavy (non-hydrogen) atoms. The van der Waals surface area contributed by atoms with Crippen LogP contribution in [-0.4, -0.2) is 17.8 Å². The van der Waals surface area contributed by atoms with Crippen molar-refractivity contribution in [3.05, 3.63) is 65.5 Å². The molecule has 0 fully saturated rings. The molecule has 0 aliphatic heterocycles. The van der Waals surface area contributed by atoms with Crippen LogP contribution >= 0.6 is 0 Å². The van der Waals surface area contributed by atoms with Crippen molar-refractivity contribution in [3.63, 3.8) is 0 Å². The maximum atomic E-state index is 12.9. The summed E-state index contributed by atoms with van der Waals surface area (Å²) < 4.78 is 51.6. The van der Waals surface area contributed by atoms with E-state index in [1.807, 2.05) is 0 Å². The van der Waals surface area contributed by atoms with Crippen molar-refractivity contribution in [2.24, 2.45) is 10.9 Å². The molecule has 138 valence electrons. The minimum Gasteiger partial charge on any atom is -0.381 e. The fourth-order valence-electron chi connectivity index (χ4n) is 1.93. The number of anilines is 1. The van der Waals surface area contributed by atoms with Crippen LogP contribution < -0.4 is 11.1 Å². The number of halogens is 4. The number of hydrogen-bond acceptors (Lipinski definition) is 3. The van der Waals surface area contributed by atoms with Crippen LogP contribution in [0.1, 0.15) is 18.1 Å². The van der Waals surface area contributed by atoms with Crippen molar-refractivity contribution in [1.29, 1.82) is 0 Å². The molecule has 0 aliphatic rings. The largest absolute Gasteiger partial charge is 0.418 e. The summed E-state index contributed by atoms with van der Waals surface area (Å²) in [5.74, 6) is -1.41. The number of para-hydroxylation sites is 1. The highest BCUT2D eigenvalue weighted by Crippen LogP contribution is 2.34. The second kappa shape index (κ2) is 7.85. The molecule has 3 N–H and O–H groups in total. The summed E-state index contributed by atoms with van der Waals surface area (Å²) in [6.45, 7) is 1.30. The molecule has 0 aromatic heterocycles. The molecule has 1 amide bonds. The van der Waals surface area contributed by atoms with Crippen LogP contribution in [-0.2, 0) is 15.8 Å². The zero-order valence-corrected chi connectivity index (χ0v) is 13.5. The molecule has 0 bridgehead atoms. The lowest BCUT2D eigenvalue weighted by Gasteiger charge is -2.15. The molecule has 1 atom stereocenters. The smallest absolute Gasteiger partial charge is 0.381 e. The van der Waals surface area contributed by atoms with E-state index in [9.17, 15) is 22.4 Å². The van der Waals surface area contributed by atoms with E-state index in [1.165, 1.54) is 43.3 Å². The van der Waals surface area contributed by atoms with Gasteiger partial charge in [-0.15, -0.1) is 0 Å². The number of amides is 1. The molecule has 1 unspecified atom stereocenters. The van der Waals surface area contributed by atoms with E-state index in [0.717, 1.165) is 12.1 Å². The molecule has 9 heteroatoms. The first-order valence-electron chi connectivity index (χ1n) is 7.41. The summed E-state index contributed by atoms with van der Waals surface area (Å²) in [5, 5.41) is 5.69. The van der Waals surface area contributed by atoms with Crippen LogP contribution in [0.15, 0.2) is 53.7 Å². The summed E-state index contributed by atoms with van der Waals surface area (Å²) in [4.78, 5) is 16.9. The fraction of sp³-hybridized carbons (Fsp3) is 0.176. The van der Waals surface area contributed by atoms with Crippen molar-refractivity contribution in [2.75, 3.05) is 5.32 Å². The van der Waals surface area contributed by atoms with Crippen molar-refractivity contribution in [2.45, 2.75) is 19.2 Å². The SMILES string of the molecule is CC(ON=C(N)c1ccc(F)cc1)C(=O)Nc1ccccc1C(F)(F)F. The van der Waals surface area contributed by atoms with Gasteiger partial charge in [0.15, 0.2) is 5.84 Å². The first kappa shape index (κ1) is 19.2. The Balaban J connectivity index is 2.04. The van der Waals surface area contributed by atoms with E-state index in [4.69, 9.17) is 10.6 Å². The molecule has 0 spiro atoms. The Morgan fingerprint density at radius 2 is 1.77 bits per heavy atom. The number of nitrogens with one attached hydrogen (secondary N) is 1. The molecule has 0 saturated carbocycles. The Morgan fingerprint density at radius 1 is 1.15 bits per heavy atom. The van der Waals surface area contributed by atoms with Crippen LogP contribution in [0.5, 0.6) is 0 Å². The standard InChI is InChI=1S/C17H15F4N3O2/c1-10(26-24-15(22)11-6-8-12(18)9-7-11)16(25)23-14-5-3-2-4-13(14)17(19,20)21/h2-10H,1H3,(H2,22,24)(H,23,25). The van der Waals surface area contributed by atoms with Gasteiger partial charge in [-0.25, -0.2) is 4.39 Å². The third-order valence-corrected chi connectivity index (χ3v) is 3.31. The van der Waals surface area contributed by atoms with E-state index in [0.29, 0.717) is 5.56 Å². The number of nitrogens with two attached hydrogens (primary N) is 1. The molecule has 5 nitrogen and oxygen atoms in total. The van der Waals surface area contributed by atoms with Crippen LogP contribution in [0.4, 0.5) is 23.2 Å². The predicted octanol–water partition coefficient (Wildman–Crippen LogP) is 3.51. The molecular formula is C17H15F4N3O2. The molecule has 0 aliphatic carbocycles. The molecule has 0 saturated heterocycles. The first-order valence-corrected chi connectivity index (χ1v) is 7.41. The quantitative estimate of drug-likeness (QED) is 0.367. The third kappa shape index (κ3) is 4.95. The van der Waals surface area contributed by atoms with Crippen molar-refractivity contribution >= 4 is 17.4 Å². The van der Waals surface area contributed by atoms with Gasteiger partial charge in [-0.1, -0.05) is 17.3 Å². The zero-order chi connectivity index (χ0) is 19.3. The molecular weight excluding hydrogens is 354 g/mol. The highest BCUT2D eigenvalue weighted by molar-refractivity contribution is 5.97. The summed E-state index contributed by atoms with van der Waals surface area (Å²) in [7, 11) is 0. The van der Waals surface area contributed by atoms with Gasteiger partial charge in [0.2, 0.25) is 6.10 Å². The maximum absolute atomic E-state index is 12.9. The normalized spacial score (nSPS) is 13.2. The third-order valence-electron chi connectivity index (χ3n) is 3.31. The predicted molar refractivity (Wildman–Crippen MR) is 87.7 cm³/mol. The lowest BCUT2D eigenvalue weighted by molar-refractivity contribution is -0.137. The Bertz CT molecular complexity index is 804. The zero-order valence-electron chi connectivity index (χ0n) is 13.5. The van der Waals surface area contributed by atoms with E-state index >= 15 is 0 Å². The van der Waals surface area contributed by atoms with Crippen LogP contribution in [0.3, 0.4) is 0 Å². The summed E-state index contributed by atoms with van der Waals surface area (Å²) in [6, 6.07) is 9.62. The molecule has 2 rings (SSSR count). The summed E-state index contributed by atoms with van der Waals surface area (Å²) in [6.07, 6.45) is -5.82. The topological polar surface area (TPSA) is 76.7 Å². The first-order chi connectivity index (χ1) is 12.2. The Labute approximate surface area is 146 Å². The van der Waals surface area contributed by atoms with E-state index < -0.39 is 35.3 Å². The van der Waals surface area contributed by atoms with Gasteiger partial charge in [0.1, 0.15) is 5.82 Å². The van der Waals surface area contributed by atoms with Gasteiger partial charge in [-0.3, -0.25) is 4.79 Å². The van der Waals surface area contributed by atoms with Gasteiger partial charge in [0.25, 0.3) is 5.91 Å². The van der Waals surface area contributed by atoms with Crippen molar-refractivity contribution in [3.8, 4) is 0 Å². The lowest BCUT2D eigenvalue weighted by Crippen LogP contribution is -2.28. The number of oxime groups is 1. The fourth-order valence-corrected chi connectivity index (χ4v) is 1.93. The molecule has 0 heterocycles. The van der Waals surface area contributed by atoms with Gasteiger partial charge < -0.3 is 15.9 Å². The van der Waals surface area contributed by atoms with Gasteiger partial charge >= 0.3 is 6.18 Å². The minimum absolute atomic E-state index is 0.111. The Morgan fingerprint density at radius 3 is 2.38 bits per heavy atom. The highest BCUT2D eigenvalue weighted by atomic mass is 19.4. The van der Waals surface area contributed by atoms with Crippen molar-refractivity contribution < 1.29 is 27.2 Å². The number of carbonyl (C=O) groups is 1. The molecule has 2 aromatic carbocycles. The molecule has 0 radical (unpaired) electrons. The number of nitrogens with zero attached hydrogens (tertiary/aromatic N) is 1. The second-order valence-electron chi connectivity index (χ2n) is 5.26. The van der Waals surface area contributed by atoms with Crippen LogP contribution in [0.25, 0.3) is 0 Å². The number of carbonyl (C=O) groups excluding carboxylic acids is 1. The van der Waals surface area contributed by atoms with E-state index in [2.05, 4.69) is 10.5 Å². The van der Waals surface area contributed by atoms with E-state index in [1.54, 1.807) is 0 Å². The van der Waals surface area contributed by atoms with Crippen LogP contribution in [0.2, 0.25) is 0 Å². The van der Waals surface area contributed by atoms with Crippen molar-refractivity contribution in [1.82, 2.24) is 0 Å². The van der Waals surface area contributed by atoms with Gasteiger partial charge in [0, 0.05) is 5.56 Å². The number of rotatable bonds is 5. The average molecular weight is 369 g/mol. The summed E-state index contributed by atoms with van der Waals surface area (Å²) in [5.41, 5.74) is 4.64. The highest BCUT2D eigenvalue weighted by Gasteiger charge is 2.34. The maximum Gasteiger partial charge on any atom is 0.418 e. The van der Waals surface area contributed by atoms with E-state index in [-0.39, 0.29) is 5.84 Å². The second-order valence-corrected chi connectivity index (χ2v) is 5.26. The monoisotopic (exact) mass is 369 g/mol. The number of amidine groups is 1. The number of hydrogen-bond donors (Lipinski definition) is 2. The van der Waals surface area contributed by atoms with Gasteiger partial charge in [0.05, 0.1) is 11.3 Å². The minimum atomic E-state index is -4.61. The Kier molecular flexibility index (Phi) is 5.81. The van der Waals surface area contributed by atoms with Crippen LogP contribution in [0, 0.1) is 5.82 Å². The van der Waals surface area contributed by atoms with Gasteiger partial charge in [-0.05, 0) is 43.3 Å². The molecule has 2 aromatic rings. The lowest BCUT2D eigenvalue weighted by atomic mass is 10.1. The summed E-state index contributed by atoms with van der Waals surface area (Å²) >= 11 is 0. The van der Waals surface area contributed by atoms with Gasteiger partial charge in [-0.2, -0.15) is 13.2 Å². The number of benzene rings is 2.